The van der Waals surface area contributed by atoms with Gasteiger partial charge in [0.05, 0.1) is 5.25 Å². The number of carbonyl (C=O) groups is 1. The minimum absolute atomic E-state index is 0.240. The largest absolute Gasteiger partial charge is 0.460 e. The maximum atomic E-state index is 11.1. The van der Waals surface area contributed by atoms with Gasteiger partial charge in [-0.1, -0.05) is 23.7 Å². The zero-order chi connectivity index (χ0) is 10.6. The van der Waals surface area contributed by atoms with Crippen molar-refractivity contribution in [3.63, 3.8) is 0 Å². The first-order valence-electron chi connectivity index (χ1n) is 4.19. The lowest BCUT2D eigenvalue weighted by Crippen LogP contribution is -2.14. The number of esters is 1. The second-order valence-electron chi connectivity index (χ2n) is 2.91. The summed E-state index contributed by atoms with van der Waals surface area (Å²) >= 11 is 9.73. The van der Waals surface area contributed by atoms with Crippen molar-refractivity contribution in [3.05, 3.63) is 34.9 Å². The minimum Gasteiger partial charge on any atom is -0.460 e. The summed E-state index contributed by atoms with van der Waals surface area (Å²) in [4.78, 5) is 11.1. The van der Waals surface area contributed by atoms with E-state index in [2.05, 4.69) is 12.6 Å². The molecule has 0 heterocycles. The van der Waals surface area contributed by atoms with Crippen molar-refractivity contribution in [1.29, 1.82) is 0 Å². The molecule has 0 bridgehead atoms. The van der Waals surface area contributed by atoms with Gasteiger partial charge < -0.3 is 4.74 Å². The van der Waals surface area contributed by atoms with Crippen LogP contribution in [-0.2, 0) is 16.1 Å². The molecule has 1 aromatic carbocycles. The van der Waals surface area contributed by atoms with Gasteiger partial charge in [0.1, 0.15) is 6.61 Å². The summed E-state index contributed by atoms with van der Waals surface area (Å²) < 4.78 is 4.97. The Labute approximate surface area is 93.6 Å². The van der Waals surface area contributed by atoms with Crippen molar-refractivity contribution in [1.82, 2.24) is 0 Å². The molecule has 14 heavy (non-hydrogen) atoms. The summed E-state index contributed by atoms with van der Waals surface area (Å²) in [6, 6.07) is 7.20. The molecule has 1 atom stereocenters. The van der Waals surface area contributed by atoms with Gasteiger partial charge in [-0.05, 0) is 24.6 Å². The van der Waals surface area contributed by atoms with Crippen molar-refractivity contribution in [3.8, 4) is 0 Å². The third-order valence-electron chi connectivity index (χ3n) is 1.61. The van der Waals surface area contributed by atoms with Crippen molar-refractivity contribution >= 4 is 30.2 Å². The number of ether oxygens (including phenoxy) is 1. The Morgan fingerprint density at radius 2 is 2.36 bits per heavy atom. The molecule has 0 fully saturated rings. The lowest BCUT2D eigenvalue weighted by Gasteiger charge is -2.06. The predicted octanol–water partition coefficient (Wildman–Crippen LogP) is 2.70. The third kappa shape index (κ3) is 3.60. The van der Waals surface area contributed by atoms with E-state index in [4.69, 9.17) is 16.3 Å². The number of benzene rings is 1. The molecule has 1 unspecified atom stereocenters. The summed E-state index contributed by atoms with van der Waals surface area (Å²) in [6.07, 6.45) is 0. The van der Waals surface area contributed by atoms with E-state index in [-0.39, 0.29) is 12.6 Å². The number of hydrogen-bond donors (Lipinski definition) is 1. The van der Waals surface area contributed by atoms with Crippen molar-refractivity contribution in [2.75, 3.05) is 0 Å². The number of halogens is 1. The SMILES string of the molecule is CC(S)C(=O)OCc1cccc(Cl)c1. The number of hydrogen-bond acceptors (Lipinski definition) is 3. The average molecular weight is 231 g/mol. The van der Waals surface area contributed by atoms with Crippen LogP contribution in [0.2, 0.25) is 5.02 Å². The Morgan fingerprint density at radius 1 is 1.64 bits per heavy atom. The van der Waals surface area contributed by atoms with E-state index >= 15 is 0 Å². The molecule has 0 amide bonds. The van der Waals surface area contributed by atoms with Gasteiger partial charge in [-0.2, -0.15) is 12.6 Å². The highest BCUT2D eigenvalue weighted by molar-refractivity contribution is 7.81. The zero-order valence-corrected chi connectivity index (χ0v) is 9.39. The molecule has 0 spiro atoms. The van der Waals surface area contributed by atoms with Crippen LogP contribution in [0, 0.1) is 0 Å². The molecule has 1 rings (SSSR count). The molecule has 0 saturated carbocycles. The molecule has 0 aliphatic rings. The molecule has 4 heteroatoms. The van der Waals surface area contributed by atoms with Crippen LogP contribution < -0.4 is 0 Å². The summed E-state index contributed by atoms with van der Waals surface area (Å²) in [5.74, 6) is -0.326. The Kier molecular flexibility index (Phi) is 4.29. The van der Waals surface area contributed by atoms with Crippen LogP contribution >= 0.6 is 24.2 Å². The first-order valence-corrected chi connectivity index (χ1v) is 5.08. The number of carbonyl (C=O) groups excluding carboxylic acids is 1. The highest BCUT2D eigenvalue weighted by Gasteiger charge is 2.08. The summed E-state index contributed by atoms with van der Waals surface area (Å²) in [5.41, 5.74) is 0.875. The van der Waals surface area contributed by atoms with Gasteiger partial charge in [0.2, 0.25) is 0 Å². The van der Waals surface area contributed by atoms with E-state index in [1.807, 2.05) is 12.1 Å². The van der Waals surface area contributed by atoms with E-state index in [1.165, 1.54) is 0 Å². The monoisotopic (exact) mass is 230 g/mol. The van der Waals surface area contributed by atoms with E-state index in [0.717, 1.165) is 5.56 Å². The van der Waals surface area contributed by atoms with Crippen molar-refractivity contribution in [2.24, 2.45) is 0 Å². The fraction of sp³-hybridized carbons (Fsp3) is 0.300. The fourth-order valence-corrected chi connectivity index (χ4v) is 1.19. The quantitative estimate of drug-likeness (QED) is 0.638. The molecule has 0 saturated heterocycles. The van der Waals surface area contributed by atoms with Gasteiger partial charge in [0, 0.05) is 5.02 Å². The normalized spacial score (nSPS) is 12.2. The van der Waals surface area contributed by atoms with Crippen molar-refractivity contribution in [2.45, 2.75) is 18.8 Å². The lowest BCUT2D eigenvalue weighted by molar-refractivity contribution is -0.143. The van der Waals surface area contributed by atoms with Crippen LogP contribution in [-0.4, -0.2) is 11.2 Å². The van der Waals surface area contributed by atoms with Gasteiger partial charge in [-0.3, -0.25) is 4.79 Å². The Morgan fingerprint density at radius 3 is 2.93 bits per heavy atom. The summed E-state index contributed by atoms with van der Waals surface area (Å²) in [6.45, 7) is 1.91. The van der Waals surface area contributed by atoms with E-state index in [1.54, 1.807) is 19.1 Å². The molecule has 2 nitrogen and oxygen atoms in total. The molecule has 0 aliphatic heterocycles. The van der Waals surface area contributed by atoms with Gasteiger partial charge in [0.15, 0.2) is 0 Å². The Bertz CT molecular complexity index is 326. The maximum Gasteiger partial charge on any atom is 0.318 e. The van der Waals surface area contributed by atoms with Crippen molar-refractivity contribution < 1.29 is 9.53 Å². The smallest absolute Gasteiger partial charge is 0.318 e. The highest BCUT2D eigenvalue weighted by atomic mass is 35.5. The van der Waals surface area contributed by atoms with Gasteiger partial charge in [0.25, 0.3) is 0 Å². The van der Waals surface area contributed by atoms with E-state index < -0.39 is 5.25 Å². The second-order valence-corrected chi connectivity index (χ2v) is 4.12. The average Bonchev–Trinajstić information content (AvgIpc) is 2.14. The molecule has 0 aliphatic carbocycles. The second kappa shape index (κ2) is 5.27. The molecule has 0 radical (unpaired) electrons. The third-order valence-corrected chi connectivity index (χ3v) is 2.06. The predicted molar refractivity (Wildman–Crippen MR) is 59.7 cm³/mol. The fourth-order valence-electron chi connectivity index (χ4n) is 0.902. The van der Waals surface area contributed by atoms with Crippen LogP contribution in [0.25, 0.3) is 0 Å². The topological polar surface area (TPSA) is 26.3 Å². The van der Waals surface area contributed by atoms with Crippen LogP contribution in [0.4, 0.5) is 0 Å². The molecular weight excluding hydrogens is 220 g/mol. The number of thiol groups is 1. The first-order chi connectivity index (χ1) is 6.59. The number of rotatable bonds is 3. The summed E-state index contributed by atoms with van der Waals surface area (Å²) in [5, 5.41) is 0.242. The molecular formula is C10H11ClO2S. The van der Waals surface area contributed by atoms with E-state index in [0.29, 0.717) is 5.02 Å². The van der Waals surface area contributed by atoms with Crippen LogP contribution in [0.1, 0.15) is 12.5 Å². The summed E-state index contributed by atoms with van der Waals surface area (Å²) in [7, 11) is 0. The molecule has 0 aromatic heterocycles. The lowest BCUT2D eigenvalue weighted by atomic mass is 10.2. The van der Waals surface area contributed by atoms with Gasteiger partial charge in [-0.15, -0.1) is 0 Å². The zero-order valence-electron chi connectivity index (χ0n) is 7.74. The van der Waals surface area contributed by atoms with Gasteiger partial charge >= 0.3 is 5.97 Å². The van der Waals surface area contributed by atoms with Crippen LogP contribution in [0.3, 0.4) is 0 Å². The minimum atomic E-state index is -0.394. The Balaban J connectivity index is 2.50. The highest BCUT2D eigenvalue weighted by Crippen LogP contribution is 2.11. The van der Waals surface area contributed by atoms with Crippen LogP contribution in [0.5, 0.6) is 0 Å². The maximum absolute atomic E-state index is 11.1. The molecule has 1 aromatic rings. The standard InChI is InChI=1S/C10H11ClO2S/c1-7(14)10(12)13-6-8-3-2-4-9(11)5-8/h2-5,7,14H,6H2,1H3. The van der Waals surface area contributed by atoms with Gasteiger partial charge in [-0.25, -0.2) is 0 Å². The first kappa shape index (κ1) is 11.4. The Hall–Kier alpha value is -0.670. The molecule has 0 N–H and O–H groups in total. The molecule has 76 valence electrons. The van der Waals surface area contributed by atoms with E-state index in [9.17, 15) is 4.79 Å². The van der Waals surface area contributed by atoms with Crippen LogP contribution in [0.15, 0.2) is 24.3 Å².